The summed E-state index contributed by atoms with van der Waals surface area (Å²) < 4.78 is 5.35. The first-order chi connectivity index (χ1) is 10.7. The molecule has 23 heavy (non-hydrogen) atoms. The van der Waals surface area contributed by atoms with Gasteiger partial charge in [-0.3, -0.25) is 24.1 Å². The highest BCUT2D eigenvalue weighted by Crippen LogP contribution is 2.14. The molecule has 0 spiro atoms. The standard InChI is InChI=1S/C15H23N3O5/c1-15(2,10-23-8-6-11(16)19)9-17-12(20)5-7-18-13(21)3-4-14(18)22/h3-4H,5-10H2,1-2H3,(H2,16,19)(H,17,20). The van der Waals surface area contributed by atoms with Crippen LogP contribution in [0.5, 0.6) is 0 Å². The van der Waals surface area contributed by atoms with Crippen molar-refractivity contribution in [1.29, 1.82) is 0 Å². The van der Waals surface area contributed by atoms with Gasteiger partial charge in [-0.25, -0.2) is 0 Å². The Hall–Kier alpha value is -2.22. The van der Waals surface area contributed by atoms with Crippen molar-refractivity contribution in [2.24, 2.45) is 11.1 Å². The highest BCUT2D eigenvalue weighted by molar-refractivity contribution is 6.13. The van der Waals surface area contributed by atoms with E-state index in [-0.39, 0.29) is 37.3 Å². The van der Waals surface area contributed by atoms with Crippen LogP contribution in [0.25, 0.3) is 0 Å². The largest absolute Gasteiger partial charge is 0.380 e. The molecule has 128 valence electrons. The second kappa shape index (κ2) is 8.42. The van der Waals surface area contributed by atoms with E-state index in [0.29, 0.717) is 13.2 Å². The topological polar surface area (TPSA) is 119 Å². The smallest absolute Gasteiger partial charge is 0.253 e. The van der Waals surface area contributed by atoms with E-state index in [1.807, 2.05) is 13.8 Å². The molecule has 0 bridgehead atoms. The Morgan fingerprint density at radius 2 is 1.83 bits per heavy atom. The lowest BCUT2D eigenvalue weighted by Crippen LogP contribution is -2.39. The van der Waals surface area contributed by atoms with Crippen LogP contribution in [0.3, 0.4) is 0 Å². The summed E-state index contributed by atoms with van der Waals surface area (Å²) in [5, 5.41) is 2.75. The van der Waals surface area contributed by atoms with Crippen molar-refractivity contribution >= 4 is 23.6 Å². The van der Waals surface area contributed by atoms with Gasteiger partial charge in [0.25, 0.3) is 11.8 Å². The van der Waals surface area contributed by atoms with E-state index in [1.54, 1.807) is 0 Å². The van der Waals surface area contributed by atoms with E-state index in [4.69, 9.17) is 10.5 Å². The Morgan fingerprint density at radius 1 is 1.22 bits per heavy atom. The van der Waals surface area contributed by atoms with E-state index in [1.165, 1.54) is 12.2 Å². The lowest BCUT2D eigenvalue weighted by molar-refractivity contribution is -0.137. The lowest BCUT2D eigenvalue weighted by Gasteiger charge is -2.25. The fourth-order valence-electron chi connectivity index (χ4n) is 1.86. The Kier molecular flexibility index (Phi) is 6.89. The van der Waals surface area contributed by atoms with Crippen LogP contribution in [-0.2, 0) is 23.9 Å². The Bertz CT molecular complexity index is 495. The summed E-state index contributed by atoms with van der Waals surface area (Å²) in [6.45, 7) is 4.88. The number of nitrogens with zero attached hydrogens (tertiary/aromatic N) is 1. The maximum atomic E-state index is 11.8. The number of hydrogen-bond donors (Lipinski definition) is 2. The van der Waals surface area contributed by atoms with Gasteiger partial charge in [-0.1, -0.05) is 13.8 Å². The van der Waals surface area contributed by atoms with Gasteiger partial charge in [-0.2, -0.15) is 0 Å². The highest BCUT2D eigenvalue weighted by Gasteiger charge is 2.24. The lowest BCUT2D eigenvalue weighted by atomic mass is 9.95. The minimum Gasteiger partial charge on any atom is -0.380 e. The minimum absolute atomic E-state index is 0.0533. The number of nitrogens with two attached hydrogens (primary N) is 1. The van der Waals surface area contributed by atoms with Gasteiger partial charge in [-0.15, -0.1) is 0 Å². The van der Waals surface area contributed by atoms with Crippen LogP contribution in [0.15, 0.2) is 12.2 Å². The monoisotopic (exact) mass is 325 g/mol. The van der Waals surface area contributed by atoms with Gasteiger partial charge >= 0.3 is 0 Å². The first-order valence-corrected chi connectivity index (χ1v) is 7.37. The quantitative estimate of drug-likeness (QED) is 0.408. The Morgan fingerprint density at radius 3 is 2.39 bits per heavy atom. The van der Waals surface area contributed by atoms with Gasteiger partial charge in [0.05, 0.1) is 13.2 Å². The maximum Gasteiger partial charge on any atom is 0.253 e. The van der Waals surface area contributed by atoms with Gasteiger partial charge in [0.15, 0.2) is 0 Å². The molecule has 0 aromatic rings. The van der Waals surface area contributed by atoms with Gasteiger partial charge in [-0.05, 0) is 0 Å². The molecule has 0 saturated heterocycles. The zero-order chi connectivity index (χ0) is 17.5. The summed E-state index contributed by atoms with van der Waals surface area (Å²) in [4.78, 5) is 46.1. The summed E-state index contributed by atoms with van der Waals surface area (Å²) in [7, 11) is 0. The molecular formula is C15H23N3O5. The number of hydrogen-bond acceptors (Lipinski definition) is 5. The van der Waals surface area contributed by atoms with Gasteiger partial charge in [0.2, 0.25) is 11.8 Å². The van der Waals surface area contributed by atoms with E-state index in [2.05, 4.69) is 5.32 Å². The number of carbonyl (C=O) groups excluding carboxylic acids is 4. The zero-order valence-corrected chi connectivity index (χ0v) is 13.5. The van der Waals surface area contributed by atoms with Crippen LogP contribution in [0.2, 0.25) is 0 Å². The molecule has 8 heteroatoms. The number of ether oxygens (including phenoxy) is 1. The average Bonchev–Trinajstić information content (AvgIpc) is 2.78. The molecule has 1 rings (SSSR count). The molecule has 0 atom stereocenters. The van der Waals surface area contributed by atoms with Crippen molar-refractivity contribution in [3.05, 3.63) is 12.2 Å². The van der Waals surface area contributed by atoms with Crippen LogP contribution in [0.1, 0.15) is 26.7 Å². The number of nitrogens with one attached hydrogen (secondary N) is 1. The molecule has 0 aromatic carbocycles. The van der Waals surface area contributed by atoms with Crippen LogP contribution >= 0.6 is 0 Å². The second-order valence-electron chi connectivity index (χ2n) is 6.12. The molecule has 0 radical (unpaired) electrons. The third kappa shape index (κ3) is 7.05. The first-order valence-electron chi connectivity index (χ1n) is 7.37. The molecule has 0 aliphatic carbocycles. The molecule has 0 unspecified atom stereocenters. The number of imide groups is 1. The molecule has 1 aliphatic rings. The fourth-order valence-corrected chi connectivity index (χ4v) is 1.86. The molecular weight excluding hydrogens is 302 g/mol. The number of rotatable bonds is 10. The number of carbonyl (C=O) groups is 4. The predicted octanol–water partition coefficient (Wildman–Crippen LogP) is -0.664. The summed E-state index contributed by atoms with van der Waals surface area (Å²) >= 11 is 0. The SMILES string of the molecule is CC(C)(CNC(=O)CCN1C(=O)C=CC1=O)COCCC(N)=O. The second-order valence-corrected chi connectivity index (χ2v) is 6.12. The fraction of sp³-hybridized carbons (Fsp3) is 0.600. The molecule has 1 heterocycles. The van der Waals surface area contributed by atoms with E-state index >= 15 is 0 Å². The summed E-state index contributed by atoms with van der Waals surface area (Å²) in [5.74, 6) is -1.46. The minimum atomic E-state index is -0.420. The third-order valence-electron chi connectivity index (χ3n) is 3.21. The molecule has 0 fully saturated rings. The van der Waals surface area contributed by atoms with Crippen molar-refractivity contribution in [2.45, 2.75) is 26.7 Å². The number of amides is 4. The van der Waals surface area contributed by atoms with Crippen LogP contribution in [-0.4, -0.2) is 54.8 Å². The molecule has 0 saturated carbocycles. The first kappa shape index (κ1) is 18.8. The average molecular weight is 325 g/mol. The van der Waals surface area contributed by atoms with E-state index in [0.717, 1.165) is 4.90 Å². The molecule has 8 nitrogen and oxygen atoms in total. The van der Waals surface area contributed by atoms with Gasteiger partial charge in [0.1, 0.15) is 0 Å². The van der Waals surface area contributed by atoms with Crippen molar-refractivity contribution in [2.75, 3.05) is 26.3 Å². The Balaban J connectivity index is 2.22. The van der Waals surface area contributed by atoms with Crippen molar-refractivity contribution in [3.8, 4) is 0 Å². The van der Waals surface area contributed by atoms with Gasteiger partial charge < -0.3 is 15.8 Å². The van der Waals surface area contributed by atoms with Crippen LogP contribution in [0, 0.1) is 5.41 Å². The summed E-state index contributed by atoms with van der Waals surface area (Å²) in [6, 6.07) is 0. The summed E-state index contributed by atoms with van der Waals surface area (Å²) in [6.07, 6.45) is 2.59. The Labute approximate surface area is 135 Å². The maximum absolute atomic E-state index is 11.8. The number of primary amides is 1. The van der Waals surface area contributed by atoms with E-state index < -0.39 is 17.7 Å². The molecule has 3 N–H and O–H groups in total. The zero-order valence-electron chi connectivity index (χ0n) is 13.5. The predicted molar refractivity (Wildman–Crippen MR) is 81.9 cm³/mol. The molecule has 4 amide bonds. The normalized spacial score (nSPS) is 14.4. The summed E-state index contributed by atoms with van der Waals surface area (Å²) in [5.41, 5.74) is 4.70. The van der Waals surface area contributed by atoms with Crippen LogP contribution in [0.4, 0.5) is 0 Å². The molecule has 0 aromatic heterocycles. The van der Waals surface area contributed by atoms with Gasteiger partial charge in [0, 0.05) is 43.5 Å². The third-order valence-corrected chi connectivity index (χ3v) is 3.21. The van der Waals surface area contributed by atoms with Crippen molar-refractivity contribution < 1.29 is 23.9 Å². The molecule has 1 aliphatic heterocycles. The van der Waals surface area contributed by atoms with Crippen molar-refractivity contribution in [1.82, 2.24) is 10.2 Å². The highest BCUT2D eigenvalue weighted by atomic mass is 16.5. The van der Waals surface area contributed by atoms with Crippen LogP contribution < -0.4 is 11.1 Å². The van der Waals surface area contributed by atoms with Crippen molar-refractivity contribution in [3.63, 3.8) is 0 Å². The van der Waals surface area contributed by atoms with E-state index in [9.17, 15) is 19.2 Å².